The Labute approximate surface area is 149 Å². The number of anilines is 1. The van der Waals surface area contributed by atoms with Crippen LogP contribution in [0.15, 0.2) is 23.3 Å². The van der Waals surface area contributed by atoms with Crippen molar-refractivity contribution in [3.63, 3.8) is 0 Å². The molecule has 0 unspecified atom stereocenters. The third-order valence-electron chi connectivity index (χ3n) is 3.97. The zero-order valence-electron chi connectivity index (χ0n) is 14.2. The van der Waals surface area contributed by atoms with Gasteiger partial charge in [0.05, 0.1) is 5.75 Å². The van der Waals surface area contributed by atoms with Gasteiger partial charge in [0, 0.05) is 44.0 Å². The van der Waals surface area contributed by atoms with Gasteiger partial charge in [0.2, 0.25) is 0 Å². The quantitative estimate of drug-likeness (QED) is 0.857. The molecular formula is C16H20N6O2S. The smallest absolute Gasteiger partial charge is 0.272 e. The zero-order valence-corrected chi connectivity index (χ0v) is 15.0. The highest BCUT2D eigenvalue weighted by atomic mass is 32.2. The molecule has 0 bridgehead atoms. The number of hydrogen-bond acceptors (Lipinski definition) is 7. The number of rotatable bonds is 4. The highest BCUT2D eigenvalue weighted by Crippen LogP contribution is 2.15. The van der Waals surface area contributed by atoms with Gasteiger partial charge in [0.25, 0.3) is 11.5 Å². The maximum atomic E-state index is 12.7. The Kier molecular flexibility index (Phi) is 5.32. The number of aromatic amines is 1. The fraction of sp³-hybridized carbons (Fsp3) is 0.438. The average Bonchev–Trinajstić information content (AvgIpc) is 2.61. The summed E-state index contributed by atoms with van der Waals surface area (Å²) in [5.41, 5.74) is 0.828. The minimum absolute atomic E-state index is 0.202. The number of hydrogen-bond donors (Lipinski definition) is 1. The molecule has 3 rings (SSSR count). The molecule has 0 saturated carbocycles. The Morgan fingerprint density at radius 3 is 2.68 bits per heavy atom. The number of piperazine rings is 1. The maximum Gasteiger partial charge on any atom is 0.272 e. The molecule has 1 N–H and O–H groups in total. The number of aromatic nitrogens is 4. The van der Waals surface area contributed by atoms with Crippen molar-refractivity contribution in [2.24, 2.45) is 0 Å². The molecule has 0 aliphatic carbocycles. The first-order valence-corrected chi connectivity index (χ1v) is 9.38. The zero-order chi connectivity index (χ0) is 17.8. The van der Waals surface area contributed by atoms with Crippen LogP contribution in [-0.4, -0.2) is 63.2 Å². The van der Waals surface area contributed by atoms with E-state index in [1.54, 1.807) is 23.0 Å². The van der Waals surface area contributed by atoms with E-state index < -0.39 is 0 Å². The Hall–Kier alpha value is -2.42. The number of thioether (sulfide) groups is 1. The first-order chi connectivity index (χ1) is 12.1. The topological polar surface area (TPSA) is 95.1 Å². The van der Waals surface area contributed by atoms with Crippen LogP contribution in [0.2, 0.25) is 0 Å². The Bertz CT molecular complexity index is 816. The van der Waals surface area contributed by atoms with Crippen LogP contribution in [-0.2, 0) is 5.75 Å². The van der Waals surface area contributed by atoms with Crippen molar-refractivity contribution in [2.45, 2.75) is 12.7 Å². The molecule has 3 heterocycles. The molecule has 8 nitrogen and oxygen atoms in total. The molecular weight excluding hydrogens is 340 g/mol. The lowest BCUT2D eigenvalue weighted by Crippen LogP contribution is -2.49. The van der Waals surface area contributed by atoms with E-state index in [9.17, 15) is 9.59 Å². The number of nitrogens with zero attached hydrogens (tertiary/aromatic N) is 5. The molecule has 0 atom stereocenters. The number of carbonyl (C=O) groups excluding carboxylic acids is 1. The van der Waals surface area contributed by atoms with Crippen LogP contribution >= 0.6 is 11.8 Å². The molecule has 1 aliphatic heterocycles. The van der Waals surface area contributed by atoms with Gasteiger partial charge in [-0.05, 0) is 13.2 Å². The van der Waals surface area contributed by atoms with Crippen molar-refractivity contribution < 1.29 is 4.79 Å². The molecule has 0 spiro atoms. The molecule has 0 aromatic carbocycles. The Morgan fingerprint density at radius 2 is 2.00 bits per heavy atom. The van der Waals surface area contributed by atoms with Crippen LogP contribution in [0, 0.1) is 6.92 Å². The second-order valence-electron chi connectivity index (χ2n) is 5.81. The van der Waals surface area contributed by atoms with E-state index in [1.807, 2.05) is 19.2 Å². The number of carbonyl (C=O) groups is 1. The lowest BCUT2D eigenvalue weighted by molar-refractivity contribution is 0.0740. The van der Waals surface area contributed by atoms with Crippen LogP contribution in [0.25, 0.3) is 0 Å². The van der Waals surface area contributed by atoms with Gasteiger partial charge in [-0.25, -0.2) is 15.0 Å². The van der Waals surface area contributed by atoms with Gasteiger partial charge in [-0.2, -0.15) is 11.8 Å². The summed E-state index contributed by atoms with van der Waals surface area (Å²) in [6.07, 6.45) is 3.47. The minimum Gasteiger partial charge on any atom is -0.353 e. The monoisotopic (exact) mass is 360 g/mol. The summed E-state index contributed by atoms with van der Waals surface area (Å²) in [5, 5.41) is 0. The van der Waals surface area contributed by atoms with Gasteiger partial charge in [0.15, 0.2) is 0 Å². The van der Waals surface area contributed by atoms with Gasteiger partial charge in [-0.3, -0.25) is 9.59 Å². The van der Waals surface area contributed by atoms with E-state index in [0.717, 1.165) is 11.5 Å². The van der Waals surface area contributed by atoms with Crippen molar-refractivity contribution in [3.8, 4) is 0 Å². The van der Waals surface area contributed by atoms with Crippen LogP contribution in [0.5, 0.6) is 0 Å². The second-order valence-corrected chi connectivity index (χ2v) is 6.67. The summed E-state index contributed by atoms with van der Waals surface area (Å²) in [4.78, 5) is 43.6. The van der Waals surface area contributed by atoms with Crippen LogP contribution in [0.3, 0.4) is 0 Å². The molecule has 1 amide bonds. The summed E-state index contributed by atoms with van der Waals surface area (Å²) >= 11 is 1.54. The Morgan fingerprint density at radius 1 is 1.24 bits per heavy atom. The summed E-state index contributed by atoms with van der Waals surface area (Å²) < 4.78 is 0. The predicted molar refractivity (Wildman–Crippen MR) is 97.0 cm³/mol. The van der Waals surface area contributed by atoms with Gasteiger partial charge in [0.1, 0.15) is 23.7 Å². The summed E-state index contributed by atoms with van der Waals surface area (Å²) in [6.45, 7) is 4.42. The Balaban J connectivity index is 1.68. The summed E-state index contributed by atoms with van der Waals surface area (Å²) in [5.74, 6) is 1.76. The van der Waals surface area contributed by atoms with Crippen LogP contribution < -0.4 is 10.5 Å². The van der Waals surface area contributed by atoms with E-state index in [4.69, 9.17) is 0 Å². The first-order valence-electron chi connectivity index (χ1n) is 7.99. The molecule has 2 aromatic heterocycles. The lowest BCUT2D eigenvalue weighted by atomic mass is 10.2. The highest BCUT2D eigenvalue weighted by molar-refractivity contribution is 7.97. The second kappa shape index (κ2) is 7.64. The maximum absolute atomic E-state index is 12.7. The average molecular weight is 360 g/mol. The van der Waals surface area contributed by atoms with Crippen LogP contribution in [0.4, 0.5) is 5.82 Å². The largest absolute Gasteiger partial charge is 0.353 e. The molecule has 2 aromatic rings. The number of aryl methyl sites for hydroxylation is 1. The lowest BCUT2D eigenvalue weighted by Gasteiger charge is -2.35. The van der Waals surface area contributed by atoms with Crippen molar-refractivity contribution in [1.29, 1.82) is 0 Å². The van der Waals surface area contributed by atoms with Gasteiger partial charge >= 0.3 is 0 Å². The van der Waals surface area contributed by atoms with E-state index in [-0.39, 0.29) is 17.2 Å². The summed E-state index contributed by atoms with van der Waals surface area (Å²) in [7, 11) is 0. The van der Waals surface area contributed by atoms with Crippen molar-refractivity contribution >= 4 is 23.5 Å². The standard InChI is InChI=1S/C16H20N6O2S/c1-11-7-14(18-10-17-11)21-3-5-22(6-4-21)16(24)12-8-15(23)20-13(19-12)9-25-2/h7-8,10H,3-6,9H2,1-2H3,(H,19,20,23). The molecule has 9 heteroatoms. The van der Waals surface area contributed by atoms with E-state index >= 15 is 0 Å². The van der Waals surface area contributed by atoms with Crippen molar-refractivity contribution in [3.05, 3.63) is 46.0 Å². The molecule has 1 fully saturated rings. The minimum atomic E-state index is -0.294. The number of amides is 1. The van der Waals surface area contributed by atoms with Gasteiger partial charge in [-0.1, -0.05) is 0 Å². The fourth-order valence-corrected chi connectivity index (χ4v) is 3.15. The normalized spacial score (nSPS) is 14.6. The third kappa shape index (κ3) is 4.16. The van der Waals surface area contributed by atoms with Crippen molar-refractivity contribution in [1.82, 2.24) is 24.8 Å². The van der Waals surface area contributed by atoms with Crippen molar-refractivity contribution in [2.75, 3.05) is 37.3 Å². The molecule has 1 aliphatic rings. The molecule has 1 saturated heterocycles. The van der Waals surface area contributed by atoms with E-state index in [0.29, 0.717) is 37.8 Å². The first kappa shape index (κ1) is 17.4. The third-order valence-corrected chi connectivity index (χ3v) is 4.53. The molecule has 132 valence electrons. The van der Waals surface area contributed by atoms with E-state index in [2.05, 4.69) is 24.8 Å². The van der Waals surface area contributed by atoms with Gasteiger partial charge < -0.3 is 14.8 Å². The predicted octanol–water partition coefficient (Wildman–Crippen LogP) is 0.694. The number of nitrogens with one attached hydrogen (secondary N) is 1. The molecule has 0 radical (unpaired) electrons. The highest BCUT2D eigenvalue weighted by Gasteiger charge is 2.24. The van der Waals surface area contributed by atoms with Crippen LogP contribution in [0.1, 0.15) is 22.0 Å². The number of H-pyrrole nitrogens is 1. The molecule has 25 heavy (non-hydrogen) atoms. The SMILES string of the molecule is CSCc1nc(C(=O)N2CCN(c3cc(C)ncn3)CC2)cc(=O)[nH]1. The van der Waals surface area contributed by atoms with E-state index in [1.165, 1.54) is 6.07 Å². The fourth-order valence-electron chi connectivity index (χ4n) is 2.74. The summed E-state index contributed by atoms with van der Waals surface area (Å²) in [6, 6.07) is 3.21. The van der Waals surface area contributed by atoms with Gasteiger partial charge in [-0.15, -0.1) is 0 Å².